The molecule has 4 heterocycles. The Kier molecular flexibility index (Phi) is 6.74. The molecule has 180 valence electrons. The highest BCUT2D eigenvalue weighted by Crippen LogP contribution is 2.30. The highest BCUT2D eigenvalue weighted by atomic mass is 35.5. The summed E-state index contributed by atoms with van der Waals surface area (Å²) in [5, 5.41) is 10.3. The van der Waals surface area contributed by atoms with Gasteiger partial charge in [0.05, 0.1) is 23.3 Å². The van der Waals surface area contributed by atoms with Crippen molar-refractivity contribution in [2.45, 2.75) is 33.3 Å². The molecular formula is C24H20ClF2N5O3. The zero-order valence-corrected chi connectivity index (χ0v) is 19.7. The van der Waals surface area contributed by atoms with Crippen LogP contribution in [0.4, 0.5) is 8.78 Å². The Labute approximate surface area is 203 Å². The second-order valence-electron chi connectivity index (χ2n) is 8.00. The number of aromatic hydroxyl groups is 1. The highest BCUT2D eigenvalue weighted by molar-refractivity contribution is 6.31. The lowest BCUT2D eigenvalue weighted by molar-refractivity contribution is 0.290. The van der Waals surface area contributed by atoms with Crippen molar-refractivity contribution in [2.75, 3.05) is 0 Å². The molecule has 4 aromatic heterocycles. The Morgan fingerprint density at radius 1 is 1.11 bits per heavy atom. The summed E-state index contributed by atoms with van der Waals surface area (Å²) in [7, 11) is 0. The zero-order valence-electron chi connectivity index (χ0n) is 19.0. The number of aromatic nitrogens is 5. The van der Waals surface area contributed by atoms with E-state index in [1.54, 1.807) is 31.5 Å². The smallest absolute Gasteiger partial charge is 0.280 e. The molecule has 4 rings (SSSR count). The predicted octanol–water partition coefficient (Wildman–Crippen LogP) is 4.73. The van der Waals surface area contributed by atoms with Gasteiger partial charge >= 0.3 is 0 Å². The lowest BCUT2D eigenvalue weighted by atomic mass is 10.1. The molecule has 0 aromatic carbocycles. The topological polar surface area (TPSA) is 103 Å². The summed E-state index contributed by atoms with van der Waals surface area (Å²) in [4.78, 5) is 29.9. The summed E-state index contributed by atoms with van der Waals surface area (Å²) < 4.78 is 33.3. The quantitative estimate of drug-likeness (QED) is 0.409. The lowest BCUT2D eigenvalue weighted by Gasteiger charge is -2.15. The van der Waals surface area contributed by atoms with Gasteiger partial charge in [-0.15, -0.1) is 0 Å². The van der Waals surface area contributed by atoms with E-state index in [2.05, 4.69) is 19.9 Å². The minimum atomic E-state index is -0.913. The van der Waals surface area contributed by atoms with Gasteiger partial charge in [-0.1, -0.05) is 25.4 Å². The Bertz CT molecular complexity index is 1480. The summed E-state index contributed by atoms with van der Waals surface area (Å²) in [6.45, 7) is 5.23. The Balaban J connectivity index is 1.71. The summed E-state index contributed by atoms with van der Waals surface area (Å²) in [6.07, 6.45) is 4.02. The van der Waals surface area contributed by atoms with E-state index < -0.39 is 29.7 Å². The van der Waals surface area contributed by atoms with E-state index in [1.807, 2.05) is 13.8 Å². The first-order valence-corrected chi connectivity index (χ1v) is 10.9. The van der Waals surface area contributed by atoms with Crippen molar-refractivity contribution in [2.24, 2.45) is 0 Å². The van der Waals surface area contributed by atoms with E-state index in [1.165, 1.54) is 0 Å². The molecule has 11 heteroatoms. The fourth-order valence-corrected chi connectivity index (χ4v) is 3.47. The Morgan fingerprint density at radius 3 is 2.60 bits per heavy atom. The average molecular weight is 500 g/mol. The third-order valence-electron chi connectivity index (χ3n) is 5.11. The molecule has 35 heavy (non-hydrogen) atoms. The van der Waals surface area contributed by atoms with Crippen molar-refractivity contribution < 1.29 is 18.6 Å². The first kappa shape index (κ1) is 24.2. The fraction of sp³-hybridized carbons (Fsp3) is 0.208. The first-order chi connectivity index (χ1) is 16.7. The molecule has 0 bridgehead atoms. The maximum Gasteiger partial charge on any atom is 0.280 e. The van der Waals surface area contributed by atoms with Crippen LogP contribution in [0.3, 0.4) is 0 Å². The van der Waals surface area contributed by atoms with Gasteiger partial charge in [-0.25, -0.2) is 23.3 Å². The molecule has 0 atom stereocenters. The molecule has 0 spiro atoms. The van der Waals surface area contributed by atoms with Crippen LogP contribution in [0.2, 0.25) is 5.02 Å². The van der Waals surface area contributed by atoms with Gasteiger partial charge in [0, 0.05) is 30.4 Å². The molecule has 0 aliphatic heterocycles. The van der Waals surface area contributed by atoms with Crippen molar-refractivity contribution in [3.05, 3.63) is 86.9 Å². The molecule has 4 aromatic rings. The molecule has 0 saturated heterocycles. The van der Waals surface area contributed by atoms with Crippen LogP contribution in [0.5, 0.6) is 11.6 Å². The van der Waals surface area contributed by atoms with Crippen LogP contribution in [0.25, 0.3) is 17.1 Å². The van der Waals surface area contributed by atoms with Crippen LogP contribution in [0, 0.1) is 18.6 Å². The number of halogens is 3. The van der Waals surface area contributed by atoms with Crippen LogP contribution in [-0.4, -0.2) is 29.6 Å². The third kappa shape index (κ3) is 4.97. The van der Waals surface area contributed by atoms with Gasteiger partial charge in [-0.3, -0.25) is 14.8 Å². The predicted molar refractivity (Wildman–Crippen MR) is 125 cm³/mol. The van der Waals surface area contributed by atoms with Gasteiger partial charge in [0.15, 0.2) is 5.82 Å². The molecule has 0 saturated carbocycles. The molecule has 0 aliphatic carbocycles. The number of aryl methyl sites for hydroxylation is 1. The van der Waals surface area contributed by atoms with Gasteiger partial charge in [0.2, 0.25) is 5.88 Å². The normalized spacial score (nSPS) is 11.2. The van der Waals surface area contributed by atoms with Crippen molar-refractivity contribution in [1.82, 2.24) is 24.5 Å². The first-order valence-electron chi connectivity index (χ1n) is 10.5. The zero-order chi connectivity index (χ0) is 25.3. The molecule has 0 amide bonds. The molecular weight excluding hydrogens is 480 g/mol. The Hall–Kier alpha value is -3.92. The highest BCUT2D eigenvalue weighted by Gasteiger charge is 2.19. The van der Waals surface area contributed by atoms with Crippen molar-refractivity contribution in [1.29, 1.82) is 0 Å². The summed E-state index contributed by atoms with van der Waals surface area (Å²) in [5.41, 5.74) is 0.993. The fourth-order valence-electron chi connectivity index (χ4n) is 3.27. The summed E-state index contributed by atoms with van der Waals surface area (Å²) >= 11 is 6.24. The average Bonchev–Trinajstić information content (AvgIpc) is 2.82. The van der Waals surface area contributed by atoms with E-state index in [4.69, 9.17) is 16.3 Å². The van der Waals surface area contributed by atoms with Gasteiger partial charge in [0.25, 0.3) is 5.56 Å². The monoisotopic (exact) mass is 499 g/mol. The minimum Gasteiger partial charge on any atom is -0.494 e. The molecule has 8 nitrogen and oxygen atoms in total. The van der Waals surface area contributed by atoms with Crippen LogP contribution in [0.1, 0.15) is 36.8 Å². The third-order valence-corrected chi connectivity index (χ3v) is 5.46. The number of rotatable bonds is 6. The molecule has 0 aliphatic rings. The van der Waals surface area contributed by atoms with Crippen molar-refractivity contribution >= 4 is 11.6 Å². The van der Waals surface area contributed by atoms with E-state index >= 15 is 0 Å². The van der Waals surface area contributed by atoms with E-state index in [-0.39, 0.29) is 22.4 Å². The molecule has 1 N–H and O–H groups in total. The minimum absolute atomic E-state index is 0.108. The summed E-state index contributed by atoms with van der Waals surface area (Å²) in [5.74, 6) is -1.64. The van der Waals surface area contributed by atoms with Crippen LogP contribution < -0.4 is 10.3 Å². The van der Waals surface area contributed by atoms with Crippen molar-refractivity contribution in [3.63, 3.8) is 0 Å². The van der Waals surface area contributed by atoms with Gasteiger partial charge < -0.3 is 9.84 Å². The summed E-state index contributed by atoms with van der Waals surface area (Å²) in [6, 6.07) is 5.10. The molecule has 0 fully saturated rings. The lowest BCUT2D eigenvalue weighted by Crippen LogP contribution is -2.20. The number of ether oxygens (including phenoxy) is 1. The SMILES string of the molecule is Cc1cnc(-c2ccnc(C(C)C)n2)cc1-n1c(O)cc(OCc2ncc(F)cc2F)c(Cl)c1=O. The van der Waals surface area contributed by atoms with Crippen LogP contribution >= 0.6 is 11.6 Å². The number of hydrogen-bond donors (Lipinski definition) is 1. The van der Waals surface area contributed by atoms with Crippen LogP contribution in [-0.2, 0) is 6.61 Å². The largest absolute Gasteiger partial charge is 0.494 e. The Morgan fingerprint density at radius 2 is 1.89 bits per heavy atom. The van der Waals surface area contributed by atoms with E-state index in [0.717, 1.165) is 16.8 Å². The maximum atomic E-state index is 13.8. The number of nitrogens with zero attached hydrogens (tertiary/aromatic N) is 5. The standard InChI is InChI=1S/C24H20ClF2N5O3/c1-12(2)23-28-5-4-16(31-23)17-7-19(13(3)9-29-17)32-21(33)8-20(22(25)24(32)34)35-11-18-15(27)6-14(26)10-30-18/h4-10,12,33H,11H2,1-3H3. The number of hydrogen-bond acceptors (Lipinski definition) is 7. The van der Waals surface area contributed by atoms with Gasteiger partial charge in [-0.05, 0) is 24.6 Å². The molecule has 0 radical (unpaired) electrons. The second kappa shape index (κ2) is 9.75. The van der Waals surface area contributed by atoms with E-state index in [0.29, 0.717) is 34.5 Å². The number of pyridine rings is 3. The molecule has 0 unspecified atom stereocenters. The van der Waals surface area contributed by atoms with E-state index in [9.17, 15) is 18.7 Å². The van der Waals surface area contributed by atoms with Gasteiger partial charge in [0.1, 0.15) is 34.7 Å². The second-order valence-corrected chi connectivity index (χ2v) is 8.38. The maximum absolute atomic E-state index is 13.8. The van der Waals surface area contributed by atoms with Crippen LogP contribution in [0.15, 0.2) is 47.7 Å². The van der Waals surface area contributed by atoms with Gasteiger partial charge in [-0.2, -0.15) is 0 Å². The van der Waals surface area contributed by atoms with Crippen molar-refractivity contribution in [3.8, 4) is 28.7 Å².